The average molecular weight is 369 g/mol. The number of hydrogen-bond donors (Lipinski definition) is 1. The first-order valence-corrected chi connectivity index (χ1v) is 8.65. The van der Waals surface area contributed by atoms with Gasteiger partial charge in [-0.15, -0.1) is 0 Å². The smallest absolute Gasteiger partial charge is 0.253 e. The minimum absolute atomic E-state index is 0.188. The van der Waals surface area contributed by atoms with Crippen LogP contribution >= 0.6 is 12.2 Å². The van der Waals surface area contributed by atoms with Gasteiger partial charge in [0.1, 0.15) is 5.82 Å². The SMILES string of the molecule is CC1=C(C(=O)N(C)C)C(c2ccccc2F)NC(=S)N1c1ccccc1. The maximum Gasteiger partial charge on any atom is 0.253 e. The molecule has 26 heavy (non-hydrogen) atoms. The monoisotopic (exact) mass is 369 g/mol. The van der Waals surface area contributed by atoms with Gasteiger partial charge in [-0.25, -0.2) is 4.39 Å². The number of nitrogens with one attached hydrogen (secondary N) is 1. The molecular formula is C20H20FN3OS. The van der Waals surface area contributed by atoms with Crippen LogP contribution < -0.4 is 10.2 Å². The summed E-state index contributed by atoms with van der Waals surface area (Å²) >= 11 is 5.55. The van der Waals surface area contributed by atoms with Crippen molar-refractivity contribution in [3.63, 3.8) is 0 Å². The highest BCUT2D eigenvalue weighted by molar-refractivity contribution is 7.80. The number of amides is 1. The maximum atomic E-state index is 14.4. The fourth-order valence-electron chi connectivity index (χ4n) is 3.09. The van der Waals surface area contributed by atoms with E-state index in [2.05, 4.69) is 5.32 Å². The number of hydrogen-bond acceptors (Lipinski definition) is 2. The van der Waals surface area contributed by atoms with Gasteiger partial charge < -0.3 is 10.2 Å². The number of nitrogens with zero attached hydrogens (tertiary/aromatic N) is 2. The van der Waals surface area contributed by atoms with Crippen LogP contribution in [0.5, 0.6) is 0 Å². The van der Waals surface area contributed by atoms with Crippen LogP contribution in [-0.4, -0.2) is 30.0 Å². The average Bonchev–Trinajstić information content (AvgIpc) is 2.62. The zero-order chi connectivity index (χ0) is 18.8. The highest BCUT2D eigenvalue weighted by atomic mass is 32.1. The van der Waals surface area contributed by atoms with Crippen molar-refractivity contribution in [2.24, 2.45) is 0 Å². The topological polar surface area (TPSA) is 35.6 Å². The van der Waals surface area contributed by atoms with Gasteiger partial charge in [-0.3, -0.25) is 9.69 Å². The van der Waals surface area contributed by atoms with Crippen LogP contribution in [0.15, 0.2) is 65.9 Å². The van der Waals surface area contributed by atoms with Crippen molar-refractivity contribution in [2.75, 3.05) is 19.0 Å². The molecule has 1 heterocycles. The number of para-hydroxylation sites is 1. The minimum atomic E-state index is -0.640. The van der Waals surface area contributed by atoms with E-state index in [0.717, 1.165) is 5.69 Å². The van der Waals surface area contributed by atoms with Crippen LogP contribution in [0.2, 0.25) is 0 Å². The molecule has 134 valence electrons. The molecule has 1 aliphatic rings. The molecule has 0 aliphatic carbocycles. The molecule has 6 heteroatoms. The molecule has 1 N–H and O–H groups in total. The third-order valence-corrected chi connectivity index (χ3v) is 4.65. The van der Waals surface area contributed by atoms with Gasteiger partial charge >= 0.3 is 0 Å². The summed E-state index contributed by atoms with van der Waals surface area (Å²) in [5.41, 5.74) is 2.40. The summed E-state index contributed by atoms with van der Waals surface area (Å²) in [6, 6.07) is 15.3. The second-order valence-electron chi connectivity index (χ2n) is 6.27. The fourth-order valence-corrected chi connectivity index (χ4v) is 3.45. The molecule has 1 amide bonds. The number of carbonyl (C=O) groups is 1. The highest BCUT2D eigenvalue weighted by Gasteiger charge is 2.36. The Morgan fingerprint density at radius 2 is 1.73 bits per heavy atom. The van der Waals surface area contributed by atoms with Crippen LogP contribution in [-0.2, 0) is 4.79 Å². The molecule has 2 aromatic rings. The summed E-state index contributed by atoms with van der Waals surface area (Å²) in [6.45, 7) is 1.84. The summed E-state index contributed by atoms with van der Waals surface area (Å²) < 4.78 is 14.4. The van der Waals surface area contributed by atoms with Gasteiger partial charge in [-0.05, 0) is 37.3 Å². The van der Waals surface area contributed by atoms with Crippen molar-refractivity contribution in [3.05, 3.63) is 77.2 Å². The Kier molecular flexibility index (Phi) is 5.04. The Labute approximate surface area is 157 Å². The standard InChI is InChI=1S/C20H20FN3OS/c1-13-17(19(25)23(2)3)18(15-11-7-8-12-16(15)21)22-20(26)24(13)14-9-5-4-6-10-14/h4-12,18H,1-3H3,(H,22,26). The van der Waals surface area contributed by atoms with Crippen molar-refractivity contribution in [1.82, 2.24) is 10.2 Å². The number of carbonyl (C=O) groups excluding carboxylic acids is 1. The van der Waals surface area contributed by atoms with E-state index in [1.807, 2.05) is 42.2 Å². The molecule has 1 aliphatic heterocycles. The maximum absolute atomic E-state index is 14.4. The molecule has 2 aromatic carbocycles. The van der Waals surface area contributed by atoms with Crippen molar-refractivity contribution in [1.29, 1.82) is 0 Å². The lowest BCUT2D eigenvalue weighted by Crippen LogP contribution is -2.49. The van der Waals surface area contributed by atoms with E-state index in [4.69, 9.17) is 12.2 Å². The summed E-state index contributed by atoms with van der Waals surface area (Å²) in [5, 5.41) is 3.58. The van der Waals surface area contributed by atoms with Crippen molar-refractivity contribution >= 4 is 28.9 Å². The Balaban J connectivity index is 2.19. The lowest BCUT2D eigenvalue weighted by atomic mass is 9.93. The van der Waals surface area contributed by atoms with Crippen molar-refractivity contribution < 1.29 is 9.18 Å². The summed E-state index contributed by atoms with van der Waals surface area (Å²) in [6.07, 6.45) is 0. The summed E-state index contributed by atoms with van der Waals surface area (Å²) in [7, 11) is 3.36. The number of rotatable bonds is 3. The van der Waals surface area contributed by atoms with Gasteiger partial charge in [0.05, 0.1) is 11.6 Å². The Bertz CT molecular complexity index is 880. The number of thiocarbonyl (C=S) groups is 1. The zero-order valence-corrected chi connectivity index (χ0v) is 15.7. The third-order valence-electron chi connectivity index (χ3n) is 4.35. The molecule has 0 saturated carbocycles. The van der Waals surface area contributed by atoms with Crippen LogP contribution in [0.25, 0.3) is 0 Å². The lowest BCUT2D eigenvalue weighted by Gasteiger charge is -2.38. The predicted octanol–water partition coefficient (Wildman–Crippen LogP) is 3.62. The molecule has 0 saturated heterocycles. The zero-order valence-electron chi connectivity index (χ0n) is 14.9. The molecule has 0 bridgehead atoms. The first-order valence-electron chi connectivity index (χ1n) is 8.24. The predicted molar refractivity (Wildman–Crippen MR) is 105 cm³/mol. The third kappa shape index (κ3) is 3.20. The molecule has 1 unspecified atom stereocenters. The van der Waals surface area contributed by atoms with Crippen LogP contribution in [0, 0.1) is 5.82 Å². The van der Waals surface area contributed by atoms with E-state index >= 15 is 0 Å². The molecule has 4 nitrogen and oxygen atoms in total. The number of likely N-dealkylation sites (N-methyl/N-ethyl adjacent to an activating group) is 1. The number of benzene rings is 2. The van der Waals surface area contributed by atoms with Gasteiger partial charge in [0.2, 0.25) is 0 Å². The Morgan fingerprint density at radius 1 is 1.12 bits per heavy atom. The number of allylic oxidation sites excluding steroid dienone is 1. The van der Waals surface area contributed by atoms with E-state index in [-0.39, 0.29) is 11.7 Å². The largest absolute Gasteiger partial charge is 0.351 e. The van der Waals surface area contributed by atoms with Crippen LogP contribution in [0.3, 0.4) is 0 Å². The second-order valence-corrected chi connectivity index (χ2v) is 6.66. The Morgan fingerprint density at radius 3 is 2.35 bits per heavy atom. The first-order chi connectivity index (χ1) is 12.4. The lowest BCUT2D eigenvalue weighted by molar-refractivity contribution is -0.125. The van der Waals surface area contributed by atoms with Gasteiger partial charge in [0, 0.05) is 31.0 Å². The normalized spacial score (nSPS) is 17.2. The van der Waals surface area contributed by atoms with Gasteiger partial charge in [-0.2, -0.15) is 0 Å². The first kappa shape index (κ1) is 18.1. The van der Waals surface area contributed by atoms with E-state index in [1.54, 1.807) is 32.3 Å². The van der Waals surface area contributed by atoms with Crippen LogP contribution in [0.4, 0.5) is 10.1 Å². The quantitative estimate of drug-likeness (QED) is 0.839. The number of halogens is 1. The highest BCUT2D eigenvalue weighted by Crippen LogP contribution is 2.35. The van der Waals surface area contributed by atoms with Gasteiger partial charge in [-0.1, -0.05) is 36.4 Å². The van der Waals surface area contributed by atoms with E-state index in [9.17, 15) is 9.18 Å². The van der Waals surface area contributed by atoms with E-state index < -0.39 is 6.04 Å². The van der Waals surface area contributed by atoms with Crippen molar-refractivity contribution in [2.45, 2.75) is 13.0 Å². The molecule has 0 aromatic heterocycles. The minimum Gasteiger partial charge on any atom is -0.351 e. The van der Waals surface area contributed by atoms with E-state index in [0.29, 0.717) is 21.9 Å². The molecular weight excluding hydrogens is 349 g/mol. The molecule has 3 rings (SSSR count). The fraction of sp³-hybridized carbons (Fsp3) is 0.200. The van der Waals surface area contributed by atoms with Crippen LogP contribution in [0.1, 0.15) is 18.5 Å². The second kappa shape index (κ2) is 7.25. The Hall–Kier alpha value is -2.73. The molecule has 0 radical (unpaired) electrons. The van der Waals surface area contributed by atoms with Gasteiger partial charge in [0.15, 0.2) is 5.11 Å². The molecule has 0 spiro atoms. The molecule has 0 fully saturated rings. The number of anilines is 1. The van der Waals surface area contributed by atoms with Gasteiger partial charge in [0.25, 0.3) is 5.91 Å². The van der Waals surface area contributed by atoms with E-state index in [1.165, 1.54) is 11.0 Å². The summed E-state index contributed by atoms with van der Waals surface area (Å²) in [4.78, 5) is 16.2. The molecule has 1 atom stereocenters. The van der Waals surface area contributed by atoms with Crippen molar-refractivity contribution in [3.8, 4) is 0 Å². The summed E-state index contributed by atoms with van der Waals surface area (Å²) in [5.74, 6) is -0.565.